The third-order valence-electron chi connectivity index (χ3n) is 15.4. The maximum absolute atomic E-state index is 5.79. The molecule has 0 unspecified atom stereocenters. The van der Waals surface area contributed by atoms with Crippen molar-refractivity contribution in [3.63, 3.8) is 0 Å². The first kappa shape index (κ1) is 48.0. The Labute approximate surface area is 445 Å². The molecule has 1 aliphatic rings. The molecule has 3 heterocycles. The van der Waals surface area contributed by atoms with Crippen LogP contribution in [0.1, 0.15) is 87.2 Å². The molecule has 0 bridgehead atoms. The Morgan fingerprint density at radius 3 is 1.50 bits per heavy atom. The van der Waals surface area contributed by atoms with E-state index in [2.05, 4.69) is 276 Å². The molecule has 372 valence electrons. The first-order chi connectivity index (χ1) is 37.7. The van der Waals surface area contributed by atoms with Crippen molar-refractivity contribution in [1.29, 1.82) is 0 Å². The highest BCUT2D eigenvalue weighted by Crippen LogP contribution is 2.45. The summed E-state index contributed by atoms with van der Waals surface area (Å²) >= 11 is 0. The van der Waals surface area contributed by atoms with Crippen molar-refractivity contribution >= 4 is 22.6 Å². The number of fused-ring (bicyclic) bond motifs is 1. The van der Waals surface area contributed by atoms with Gasteiger partial charge >= 0.3 is 0 Å². The number of pyridine rings is 1. The number of hydrogen-bond acceptors (Lipinski definition) is 6. The summed E-state index contributed by atoms with van der Waals surface area (Å²) in [5.74, 6) is 1.24. The Kier molecular flexibility index (Phi) is 13.8. The summed E-state index contributed by atoms with van der Waals surface area (Å²) < 4.78 is 4.09. The lowest BCUT2D eigenvalue weighted by molar-refractivity contribution is 0.351. The van der Waals surface area contributed by atoms with E-state index in [1.807, 2.05) is 10.9 Å². The van der Waals surface area contributed by atoms with E-state index in [4.69, 9.17) is 20.4 Å². The monoisotopic (exact) mass is 988 g/mol. The van der Waals surface area contributed by atoms with Crippen LogP contribution in [0, 0.1) is 0 Å². The maximum Gasteiger partial charge on any atom is 0.182 e. The molecule has 0 aliphatic heterocycles. The van der Waals surface area contributed by atoms with Crippen molar-refractivity contribution in [2.24, 2.45) is 0 Å². The van der Waals surface area contributed by atoms with Crippen LogP contribution in [0.4, 0.5) is 5.82 Å². The van der Waals surface area contributed by atoms with E-state index in [-0.39, 0.29) is 0 Å². The standard InChI is InChI=1S/C68H60N8/c1-9-25-51(26-10-1)49-75-50-54(48-70-75)62(45-46-69-61-43-41-53(42-44-61)52-27-11-2-12-28-52)63-47-64(72-67(55-29-13-3-14-30-55,56-31-15-4-16-32-56)57-33-17-5-18-34-57)71-66-65(63)73-74-76(66)68(58-35-19-6-20-36-58,59-37-21-7-22-38-59)60-39-23-8-24-40-60/h1-40,45,47-48,50,53,61,69H,41-44,46,49H2,(H,71,72). The van der Waals surface area contributed by atoms with Crippen LogP contribution in [0.5, 0.6) is 0 Å². The molecule has 1 aliphatic carbocycles. The van der Waals surface area contributed by atoms with Gasteiger partial charge in [0.1, 0.15) is 22.4 Å². The minimum atomic E-state index is -0.999. The third-order valence-corrected chi connectivity index (χ3v) is 15.4. The second kappa shape index (κ2) is 21.9. The number of aromatic nitrogens is 6. The average Bonchev–Trinajstić information content (AvgIpc) is 4.28. The van der Waals surface area contributed by atoms with Gasteiger partial charge in [-0.2, -0.15) is 5.10 Å². The minimum Gasteiger partial charge on any atom is -0.353 e. The summed E-state index contributed by atoms with van der Waals surface area (Å²) in [7, 11) is 0. The smallest absolute Gasteiger partial charge is 0.182 e. The van der Waals surface area contributed by atoms with Crippen molar-refractivity contribution in [2.45, 2.75) is 55.3 Å². The van der Waals surface area contributed by atoms with Crippen LogP contribution in [0.25, 0.3) is 16.7 Å². The van der Waals surface area contributed by atoms with Crippen molar-refractivity contribution in [3.05, 3.63) is 323 Å². The van der Waals surface area contributed by atoms with E-state index in [1.54, 1.807) is 0 Å². The number of anilines is 1. The van der Waals surface area contributed by atoms with Crippen LogP contribution in [0.2, 0.25) is 0 Å². The SMILES string of the molecule is C(CNC1CCC(c2ccccc2)CC1)=C(c1cnn(Cc2ccccc2)c1)c1cc(NC(c2ccccc2)(c2ccccc2)c2ccccc2)nc2c1nnn2C(c1ccccc1)(c1ccccc1)c1ccccc1. The van der Waals surface area contributed by atoms with E-state index in [9.17, 15) is 0 Å². The fourth-order valence-corrected chi connectivity index (χ4v) is 11.7. The van der Waals surface area contributed by atoms with Gasteiger partial charge in [-0.1, -0.05) is 254 Å². The molecule has 1 fully saturated rings. The van der Waals surface area contributed by atoms with E-state index in [0.717, 1.165) is 75.8 Å². The van der Waals surface area contributed by atoms with E-state index < -0.39 is 11.1 Å². The van der Waals surface area contributed by atoms with Gasteiger partial charge in [0, 0.05) is 29.9 Å². The number of nitrogens with one attached hydrogen (secondary N) is 2. The fourth-order valence-electron chi connectivity index (χ4n) is 11.7. The summed E-state index contributed by atoms with van der Waals surface area (Å²) in [5, 5.41) is 23.8. The summed E-state index contributed by atoms with van der Waals surface area (Å²) in [6, 6.07) is 88.1. The van der Waals surface area contributed by atoms with Gasteiger partial charge in [-0.05, 0) is 87.7 Å². The molecular formula is C68H60N8. The lowest BCUT2D eigenvalue weighted by Crippen LogP contribution is -2.39. The predicted octanol–water partition coefficient (Wildman–Crippen LogP) is 14.1. The molecular weight excluding hydrogens is 929 g/mol. The zero-order valence-electron chi connectivity index (χ0n) is 42.5. The third kappa shape index (κ3) is 9.44. The van der Waals surface area contributed by atoms with Gasteiger partial charge in [0.25, 0.3) is 0 Å². The number of nitrogens with zero attached hydrogens (tertiary/aromatic N) is 6. The Morgan fingerprint density at radius 1 is 0.539 bits per heavy atom. The van der Waals surface area contributed by atoms with Crippen LogP contribution in [0.3, 0.4) is 0 Å². The zero-order valence-corrected chi connectivity index (χ0v) is 42.5. The Bertz CT molecular complexity index is 3440. The van der Waals surface area contributed by atoms with Crippen molar-refractivity contribution in [1.82, 2.24) is 35.1 Å². The first-order valence-electron chi connectivity index (χ1n) is 26.6. The summed E-state index contributed by atoms with van der Waals surface area (Å²) in [5.41, 5.74) is 11.2. The molecule has 8 heteroatoms. The minimum absolute atomic E-state index is 0.389. The van der Waals surface area contributed by atoms with Gasteiger partial charge in [-0.3, -0.25) is 4.68 Å². The second-order valence-corrected chi connectivity index (χ2v) is 19.9. The number of rotatable bonds is 17. The molecule has 76 heavy (non-hydrogen) atoms. The maximum atomic E-state index is 5.79. The second-order valence-electron chi connectivity index (χ2n) is 19.9. The Hall–Kier alpha value is -8.98. The predicted molar refractivity (Wildman–Crippen MR) is 307 cm³/mol. The van der Waals surface area contributed by atoms with E-state index in [0.29, 0.717) is 42.0 Å². The molecule has 8 aromatic carbocycles. The van der Waals surface area contributed by atoms with Gasteiger partial charge in [0.05, 0.1) is 12.7 Å². The molecule has 12 rings (SSSR count). The van der Waals surface area contributed by atoms with E-state index >= 15 is 0 Å². The van der Waals surface area contributed by atoms with Gasteiger partial charge in [0.2, 0.25) is 0 Å². The highest BCUT2D eigenvalue weighted by molar-refractivity contribution is 5.94. The highest BCUT2D eigenvalue weighted by atomic mass is 15.5. The van der Waals surface area contributed by atoms with Crippen LogP contribution in [0.15, 0.2) is 267 Å². The Morgan fingerprint density at radius 2 is 1.00 bits per heavy atom. The molecule has 1 saturated carbocycles. The Balaban J connectivity index is 1.09. The van der Waals surface area contributed by atoms with Gasteiger partial charge < -0.3 is 10.6 Å². The highest BCUT2D eigenvalue weighted by Gasteiger charge is 2.43. The van der Waals surface area contributed by atoms with Crippen LogP contribution >= 0.6 is 0 Å². The first-order valence-corrected chi connectivity index (χ1v) is 26.6. The van der Waals surface area contributed by atoms with Crippen LogP contribution < -0.4 is 10.6 Å². The number of benzene rings is 8. The van der Waals surface area contributed by atoms with E-state index in [1.165, 1.54) is 11.1 Å². The topological polar surface area (TPSA) is 85.5 Å². The van der Waals surface area contributed by atoms with Crippen LogP contribution in [-0.4, -0.2) is 42.3 Å². The molecule has 0 amide bonds. The van der Waals surface area contributed by atoms with Crippen molar-refractivity contribution in [2.75, 3.05) is 11.9 Å². The fraction of sp³-hybridized carbons (Fsp3) is 0.147. The van der Waals surface area contributed by atoms with Crippen molar-refractivity contribution in [3.8, 4) is 0 Å². The van der Waals surface area contributed by atoms with Crippen molar-refractivity contribution < 1.29 is 0 Å². The summed E-state index contributed by atoms with van der Waals surface area (Å²) in [6.07, 6.45) is 11.0. The largest absolute Gasteiger partial charge is 0.353 e. The molecule has 2 N–H and O–H groups in total. The molecule has 8 nitrogen and oxygen atoms in total. The molecule has 0 saturated heterocycles. The molecule has 3 aromatic heterocycles. The summed E-state index contributed by atoms with van der Waals surface area (Å²) in [6.45, 7) is 1.28. The van der Waals surface area contributed by atoms with Gasteiger partial charge in [-0.15, -0.1) is 5.10 Å². The lowest BCUT2D eigenvalue weighted by atomic mass is 9.77. The molecule has 0 radical (unpaired) electrons. The average molecular weight is 989 g/mol. The van der Waals surface area contributed by atoms with Gasteiger partial charge in [0.15, 0.2) is 5.65 Å². The molecule has 0 atom stereocenters. The summed E-state index contributed by atoms with van der Waals surface area (Å²) in [4.78, 5) is 5.79. The molecule has 11 aromatic rings. The van der Waals surface area contributed by atoms with Crippen LogP contribution in [-0.2, 0) is 17.6 Å². The lowest BCUT2D eigenvalue weighted by Gasteiger charge is -2.38. The number of hydrogen-bond donors (Lipinski definition) is 2. The molecule has 0 spiro atoms. The van der Waals surface area contributed by atoms with Gasteiger partial charge in [-0.25, -0.2) is 9.67 Å². The normalized spacial score (nSPS) is 15.1. The quantitative estimate of drug-likeness (QED) is 0.0884. The zero-order chi connectivity index (χ0) is 51.0.